The number of rotatable bonds is 5. The van der Waals surface area contributed by atoms with Crippen LogP contribution in [0, 0.1) is 5.82 Å². The smallest absolute Gasteiger partial charge is 0.185 e. The predicted octanol–water partition coefficient (Wildman–Crippen LogP) is 4.50. The minimum absolute atomic E-state index is 0.179. The first-order valence-corrected chi connectivity index (χ1v) is 7.24. The van der Waals surface area contributed by atoms with Crippen molar-refractivity contribution in [3.8, 4) is 11.5 Å². The van der Waals surface area contributed by atoms with Gasteiger partial charge in [-0.3, -0.25) is 4.79 Å². The van der Waals surface area contributed by atoms with Gasteiger partial charge in [0.25, 0.3) is 0 Å². The third-order valence-electron chi connectivity index (χ3n) is 3.04. The second-order valence-electron chi connectivity index (χ2n) is 4.44. The maximum absolute atomic E-state index is 13.2. The van der Waals surface area contributed by atoms with E-state index >= 15 is 0 Å². The van der Waals surface area contributed by atoms with E-state index in [2.05, 4.69) is 15.9 Å². The van der Waals surface area contributed by atoms with E-state index in [9.17, 15) is 9.18 Å². The SMILES string of the molecule is COc1ccc(C(=O)/C=C/c2ccc(F)c(Br)c2)cc1OC. The highest BCUT2D eigenvalue weighted by Crippen LogP contribution is 2.28. The minimum Gasteiger partial charge on any atom is -0.493 e. The summed E-state index contributed by atoms with van der Waals surface area (Å²) < 4.78 is 23.8. The predicted molar refractivity (Wildman–Crippen MR) is 87.0 cm³/mol. The van der Waals surface area contributed by atoms with Gasteiger partial charge in [0, 0.05) is 5.56 Å². The van der Waals surface area contributed by atoms with Crippen LogP contribution in [0.2, 0.25) is 0 Å². The van der Waals surface area contributed by atoms with Crippen molar-refractivity contribution in [2.45, 2.75) is 0 Å². The Morgan fingerprint density at radius 2 is 1.82 bits per heavy atom. The fraction of sp³-hybridized carbons (Fsp3) is 0.118. The lowest BCUT2D eigenvalue weighted by molar-refractivity contribution is 0.104. The molecular weight excluding hydrogens is 351 g/mol. The fourth-order valence-corrected chi connectivity index (χ4v) is 2.27. The molecule has 0 radical (unpaired) electrons. The van der Waals surface area contributed by atoms with Crippen LogP contribution in [0.3, 0.4) is 0 Å². The molecule has 0 atom stereocenters. The van der Waals surface area contributed by atoms with E-state index in [4.69, 9.17) is 9.47 Å². The van der Waals surface area contributed by atoms with E-state index in [1.165, 1.54) is 26.4 Å². The van der Waals surface area contributed by atoms with Crippen LogP contribution in [0.1, 0.15) is 15.9 Å². The Morgan fingerprint density at radius 3 is 2.45 bits per heavy atom. The monoisotopic (exact) mass is 364 g/mol. The average molecular weight is 365 g/mol. The zero-order chi connectivity index (χ0) is 16.1. The summed E-state index contributed by atoms with van der Waals surface area (Å²) in [5.74, 6) is 0.529. The molecule has 0 N–H and O–H groups in total. The van der Waals surface area contributed by atoms with Crippen molar-refractivity contribution in [1.29, 1.82) is 0 Å². The van der Waals surface area contributed by atoms with E-state index < -0.39 is 0 Å². The molecule has 2 rings (SSSR count). The maximum Gasteiger partial charge on any atom is 0.185 e. The van der Waals surface area contributed by atoms with Gasteiger partial charge in [-0.05, 0) is 57.9 Å². The lowest BCUT2D eigenvalue weighted by atomic mass is 10.1. The summed E-state index contributed by atoms with van der Waals surface area (Å²) in [5.41, 5.74) is 1.21. The largest absolute Gasteiger partial charge is 0.493 e. The van der Waals surface area contributed by atoms with Crippen molar-refractivity contribution >= 4 is 27.8 Å². The normalized spacial score (nSPS) is 10.7. The average Bonchev–Trinajstić information content (AvgIpc) is 2.54. The molecule has 0 saturated carbocycles. The number of carbonyl (C=O) groups excluding carboxylic acids is 1. The zero-order valence-electron chi connectivity index (χ0n) is 12.1. The molecule has 114 valence electrons. The van der Waals surface area contributed by atoms with Gasteiger partial charge in [-0.25, -0.2) is 4.39 Å². The zero-order valence-corrected chi connectivity index (χ0v) is 13.7. The lowest BCUT2D eigenvalue weighted by Crippen LogP contribution is -1.97. The first-order chi connectivity index (χ1) is 10.5. The van der Waals surface area contributed by atoms with Crippen LogP contribution >= 0.6 is 15.9 Å². The summed E-state index contributed by atoms with van der Waals surface area (Å²) in [6.45, 7) is 0. The number of ether oxygens (including phenoxy) is 2. The van der Waals surface area contributed by atoms with Gasteiger partial charge in [0.1, 0.15) is 5.82 Å². The molecule has 0 spiro atoms. The first kappa shape index (κ1) is 16.2. The molecular formula is C17H14BrFO3. The second-order valence-corrected chi connectivity index (χ2v) is 5.30. The van der Waals surface area contributed by atoms with Crippen molar-refractivity contribution < 1.29 is 18.7 Å². The molecule has 0 aromatic heterocycles. The maximum atomic E-state index is 13.2. The highest BCUT2D eigenvalue weighted by Gasteiger charge is 2.08. The second kappa shape index (κ2) is 7.22. The van der Waals surface area contributed by atoms with Crippen LogP contribution < -0.4 is 9.47 Å². The summed E-state index contributed by atoms with van der Waals surface area (Å²) in [6, 6.07) is 9.49. The molecule has 0 amide bonds. The standard InChI is InChI=1S/C17H14BrFO3/c1-21-16-8-5-12(10-17(16)22-2)15(20)7-4-11-3-6-14(19)13(18)9-11/h3-10H,1-2H3/b7-4+. The molecule has 0 heterocycles. The van der Waals surface area contributed by atoms with Crippen LogP contribution in [0.25, 0.3) is 6.08 Å². The Balaban J connectivity index is 2.21. The van der Waals surface area contributed by atoms with Gasteiger partial charge in [-0.1, -0.05) is 12.1 Å². The summed E-state index contributed by atoms with van der Waals surface area (Å²) >= 11 is 3.11. The molecule has 2 aromatic carbocycles. The molecule has 0 bridgehead atoms. The molecule has 0 saturated heterocycles. The molecule has 5 heteroatoms. The summed E-state index contributed by atoms with van der Waals surface area (Å²) in [4.78, 5) is 12.2. The van der Waals surface area contributed by atoms with Gasteiger partial charge in [0.2, 0.25) is 0 Å². The Morgan fingerprint density at radius 1 is 1.09 bits per heavy atom. The fourth-order valence-electron chi connectivity index (χ4n) is 1.87. The molecule has 0 unspecified atom stereocenters. The minimum atomic E-state index is -0.344. The number of halogens is 2. The summed E-state index contributed by atoms with van der Waals surface area (Å²) in [6.07, 6.45) is 3.06. The molecule has 0 aliphatic rings. The van der Waals surface area contributed by atoms with Gasteiger partial charge >= 0.3 is 0 Å². The summed E-state index contributed by atoms with van der Waals surface area (Å²) in [5, 5.41) is 0. The van der Waals surface area contributed by atoms with Crippen molar-refractivity contribution in [3.05, 3.63) is 63.9 Å². The number of allylic oxidation sites excluding steroid dienone is 1. The molecule has 22 heavy (non-hydrogen) atoms. The number of carbonyl (C=O) groups is 1. The molecule has 0 aliphatic heterocycles. The van der Waals surface area contributed by atoms with E-state index in [1.807, 2.05) is 0 Å². The van der Waals surface area contributed by atoms with Crippen LogP contribution in [-0.2, 0) is 0 Å². The molecule has 0 fully saturated rings. The molecule has 3 nitrogen and oxygen atoms in total. The van der Waals surface area contributed by atoms with Gasteiger partial charge in [-0.15, -0.1) is 0 Å². The van der Waals surface area contributed by atoms with E-state index in [0.717, 1.165) is 5.56 Å². The van der Waals surface area contributed by atoms with Crippen molar-refractivity contribution in [2.24, 2.45) is 0 Å². The van der Waals surface area contributed by atoms with Crippen molar-refractivity contribution in [3.63, 3.8) is 0 Å². The summed E-state index contributed by atoms with van der Waals surface area (Å²) in [7, 11) is 3.05. The van der Waals surface area contributed by atoms with E-state index in [-0.39, 0.29) is 11.6 Å². The molecule has 0 aliphatic carbocycles. The molecule has 2 aromatic rings. The number of hydrogen-bond acceptors (Lipinski definition) is 3. The van der Waals surface area contributed by atoms with Crippen LogP contribution in [0.4, 0.5) is 4.39 Å². The number of hydrogen-bond donors (Lipinski definition) is 0. The Bertz CT molecular complexity index is 726. The van der Waals surface area contributed by atoms with Crippen molar-refractivity contribution in [2.75, 3.05) is 14.2 Å². The van der Waals surface area contributed by atoms with Crippen LogP contribution in [-0.4, -0.2) is 20.0 Å². The Kier molecular flexibility index (Phi) is 5.33. The highest BCUT2D eigenvalue weighted by molar-refractivity contribution is 9.10. The quantitative estimate of drug-likeness (QED) is 0.578. The van der Waals surface area contributed by atoms with Crippen LogP contribution in [0.5, 0.6) is 11.5 Å². The van der Waals surface area contributed by atoms with Crippen molar-refractivity contribution in [1.82, 2.24) is 0 Å². The number of methoxy groups -OCH3 is 2. The van der Waals surface area contributed by atoms with Gasteiger partial charge in [0.05, 0.1) is 18.7 Å². The third-order valence-corrected chi connectivity index (χ3v) is 3.65. The van der Waals surface area contributed by atoms with Crippen LogP contribution in [0.15, 0.2) is 46.9 Å². The Hall–Kier alpha value is -2.14. The first-order valence-electron chi connectivity index (χ1n) is 6.44. The number of benzene rings is 2. The third kappa shape index (κ3) is 3.74. The van der Waals surface area contributed by atoms with Gasteiger partial charge in [0.15, 0.2) is 17.3 Å². The Labute approximate surface area is 136 Å². The topological polar surface area (TPSA) is 35.5 Å². The highest BCUT2D eigenvalue weighted by atomic mass is 79.9. The van der Waals surface area contributed by atoms with E-state index in [1.54, 1.807) is 36.4 Å². The van der Waals surface area contributed by atoms with E-state index in [0.29, 0.717) is 21.5 Å². The lowest BCUT2D eigenvalue weighted by Gasteiger charge is -2.08. The van der Waals surface area contributed by atoms with Gasteiger partial charge < -0.3 is 9.47 Å². The van der Waals surface area contributed by atoms with Gasteiger partial charge in [-0.2, -0.15) is 0 Å². The number of ketones is 1.